The van der Waals surface area contributed by atoms with Gasteiger partial charge < -0.3 is 14.9 Å². The zero-order valence-electron chi connectivity index (χ0n) is 20.1. The molecule has 1 N–H and O–H groups in total. The van der Waals surface area contributed by atoms with E-state index in [1.165, 1.54) is 22.4 Å². The van der Waals surface area contributed by atoms with Crippen LogP contribution in [0.2, 0.25) is 0 Å². The maximum atomic E-state index is 10.1. The number of hydrogen-bond donors (Lipinski definition) is 1. The van der Waals surface area contributed by atoms with E-state index in [9.17, 15) is 5.11 Å². The van der Waals surface area contributed by atoms with Crippen molar-refractivity contribution >= 4 is 11.5 Å². The molecule has 0 aliphatic carbocycles. The predicted octanol–water partition coefficient (Wildman–Crippen LogP) is 5.16. The van der Waals surface area contributed by atoms with E-state index < -0.39 is 0 Å². The van der Waals surface area contributed by atoms with Gasteiger partial charge in [-0.05, 0) is 56.6 Å². The van der Waals surface area contributed by atoms with Gasteiger partial charge in [-0.3, -0.25) is 0 Å². The van der Waals surface area contributed by atoms with Crippen LogP contribution in [0.4, 0.5) is 11.5 Å². The largest absolute Gasteiger partial charge is 0.393 e. The van der Waals surface area contributed by atoms with Crippen molar-refractivity contribution in [3.63, 3.8) is 0 Å². The number of anilines is 2. The van der Waals surface area contributed by atoms with Gasteiger partial charge in [0.05, 0.1) is 11.8 Å². The molecule has 1 aliphatic heterocycles. The first-order chi connectivity index (χ1) is 15.0. The van der Waals surface area contributed by atoms with Gasteiger partial charge in [-0.25, -0.2) is 9.97 Å². The number of benzene rings is 1. The van der Waals surface area contributed by atoms with Gasteiger partial charge in [0.1, 0.15) is 5.69 Å². The Morgan fingerprint density at radius 1 is 0.968 bits per heavy atom. The van der Waals surface area contributed by atoms with Crippen LogP contribution in [0.25, 0.3) is 11.4 Å². The van der Waals surface area contributed by atoms with Gasteiger partial charge in [0.25, 0.3) is 0 Å². The zero-order valence-corrected chi connectivity index (χ0v) is 20.1. The van der Waals surface area contributed by atoms with Crippen molar-refractivity contribution in [2.75, 3.05) is 36.0 Å². The van der Waals surface area contributed by atoms with Crippen LogP contribution in [0.1, 0.15) is 70.2 Å². The minimum absolute atomic E-state index is 0.197. The van der Waals surface area contributed by atoms with Crippen LogP contribution in [-0.4, -0.2) is 47.4 Å². The summed E-state index contributed by atoms with van der Waals surface area (Å²) in [5.41, 5.74) is 6.06. The monoisotopic (exact) mass is 424 g/mol. The van der Waals surface area contributed by atoms with Gasteiger partial charge in [-0.2, -0.15) is 0 Å². The van der Waals surface area contributed by atoms with Crippen LogP contribution in [0, 0.1) is 6.92 Å². The highest BCUT2D eigenvalue weighted by atomic mass is 16.3. The maximum absolute atomic E-state index is 10.1. The Balaban J connectivity index is 2.19. The Morgan fingerprint density at radius 3 is 2.06 bits per heavy atom. The molecule has 1 fully saturated rings. The third kappa shape index (κ3) is 5.20. The summed E-state index contributed by atoms with van der Waals surface area (Å²) in [6.07, 6.45) is 5.52. The van der Waals surface area contributed by atoms with Crippen molar-refractivity contribution in [1.29, 1.82) is 0 Å². The van der Waals surface area contributed by atoms with E-state index in [-0.39, 0.29) is 6.10 Å². The zero-order chi connectivity index (χ0) is 22.4. The minimum atomic E-state index is -0.197. The summed E-state index contributed by atoms with van der Waals surface area (Å²) in [6, 6.07) is 6.57. The van der Waals surface area contributed by atoms with E-state index in [1.54, 1.807) is 0 Å². The lowest BCUT2D eigenvalue weighted by molar-refractivity contribution is 0.145. The molecular weight excluding hydrogens is 384 g/mol. The van der Waals surface area contributed by atoms with E-state index in [0.29, 0.717) is 0 Å². The highest BCUT2D eigenvalue weighted by Crippen LogP contribution is 2.36. The standard InChI is InChI=1S/C26H40N4O/c1-6-15-29(16-7-2)24-19(5)27-25(23-20(8-3)11-10-12-21(23)9-4)28-26(24)30-17-13-22(31)14-18-30/h10-12,22,31H,6-9,13-18H2,1-5H3. The van der Waals surface area contributed by atoms with E-state index in [0.717, 1.165) is 82.0 Å². The van der Waals surface area contributed by atoms with Gasteiger partial charge in [-0.1, -0.05) is 45.9 Å². The average molecular weight is 425 g/mol. The molecule has 1 aromatic carbocycles. The fraction of sp³-hybridized carbons (Fsp3) is 0.615. The summed E-state index contributed by atoms with van der Waals surface area (Å²) in [4.78, 5) is 15.2. The Labute approximate surface area is 188 Å². The Kier molecular flexibility index (Phi) is 8.30. The van der Waals surface area contributed by atoms with Crippen LogP contribution in [0.5, 0.6) is 0 Å². The number of piperidine rings is 1. The predicted molar refractivity (Wildman–Crippen MR) is 131 cm³/mol. The van der Waals surface area contributed by atoms with Crippen LogP contribution in [-0.2, 0) is 12.8 Å². The molecule has 5 nitrogen and oxygen atoms in total. The second kappa shape index (κ2) is 10.9. The summed E-state index contributed by atoms with van der Waals surface area (Å²) < 4.78 is 0. The number of nitrogens with zero attached hydrogens (tertiary/aromatic N) is 4. The Morgan fingerprint density at radius 2 is 1.55 bits per heavy atom. The van der Waals surface area contributed by atoms with Crippen molar-refractivity contribution in [3.05, 3.63) is 35.0 Å². The molecule has 1 aliphatic rings. The molecule has 0 unspecified atom stereocenters. The first kappa shape index (κ1) is 23.5. The van der Waals surface area contributed by atoms with E-state index >= 15 is 0 Å². The molecule has 0 saturated carbocycles. The average Bonchev–Trinajstić information content (AvgIpc) is 2.78. The highest BCUT2D eigenvalue weighted by molar-refractivity contribution is 5.75. The fourth-order valence-corrected chi connectivity index (χ4v) is 4.74. The lowest BCUT2D eigenvalue weighted by atomic mass is 9.96. The summed E-state index contributed by atoms with van der Waals surface area (Å²) in [5, 5.41) is 10.1. The van der Waals surface area contributed by atoms with Gasteiger partial charge in [0, 0.05) is 31.7 Å². The van der Waals surface area contributed by atoms with Crippen LogP contribution < -0.4 is 9.80 Å². The molecular formula is C26H40N4O. The number of aromatic nitrogens is 2. The second-order valence-electron chi connectivity index (χ2n) is 8.67. The molecule has 0 amide bonds. The molecule has 1 aromatic heterocycles. The first-order valence-corrected chi connectivity index (χ1v) is 12.2. The lowest BCUT2D eigenvalue weighted by Gasteiger charge is -2.35. The fourth-order valence-electron chi connectivity index (χ4n) is 4.74. The van der Waals surface area contributed by atoms with Crippen LogP contribution in [0.15, 0.2) is 18.2 Å². The molecule has 31 heavy (non-hydrogen) atoms. The summed E-state index contributed by atoms with van der Waals surface area (Å²) >= 11 is 0. The van der Waals surface area contributed by atoms with Gasteiger partial charge >= 0.3 is 0 Å². The normalized spacial score (nSPS) is 14.8. The molecule has 0 atom stereocenters. The lowest BCUT2D eigenvalue weighted by Crippen LogP contribution is -2.38. The van der Waals surface area contributed by atoms with Crippen molar-refractivity contribution in [2.45, 2.75) is 79.2 Å². The summed E-state index contributed by atoms with van der Waals surface area (Å²) in [5.74, 6) is 1.90. The Bertz CT molecular complexity index is 830. The Hall–Kier alpha value is -2.14. The van der Waals surface area contributed by atoms with Crippen LogP contribution in [0.3, 0.4) is 0 Å². The van der Waals surface area contributed by atoms with Crippen molar-refractivity contribution in [1.82, 2.24) is 9.97 Å². The van der Waals surface area contributed by atoms with E-state index in [2.05, 4.69) is 62.6 Å². The molecule has 2 heterocycles. The third-order valence-electron chi connectivity index (χ3n) is 6.33. The third-order valence-corrected chi connectivity index (χ3v) is 6.33. The van der Waals surface area contributed by atoms with Crippen molar-refractivity contribution < 1.29 is 5.11 Å². The molecule has 0 spiro atoms. The first-order valence-electron chi connectivity index (χ1n) is 12.2. The number of aliphatic hydroxyl groups excluding tert-OH is 1. The SMILES string of the molecule is CCCN(CCC)c1c(C)nc(-c2c(CC)cccc2CC)nc1N1CCC(O)CC1. The van der Waals surface area contributed by atoms with Crippen molar-refractivity contribution in [2.24, 2.45) is 0 Å². The summed E-state index contributed by atoms with van der Waals surface area (Å²) in [7, 11) is 0. The van der Waals surface area contributed by atoms with Crippen LogP contribution >= 0.6 is 0 Å². The quantitative estimate of drug-likeness (QED) is 0.602. The maximum Gasteiger partial charge on any atom is 0.162 e. The number of hydrogen-bond acceptors (Lipinski definition) is 5. The molecule has 5 heteroatoms. The molecule has 2 aromatic rings. The number of aliphatic hydroxyl groups is 1. The van der Waals surface area contributed by atoms with Gasteiger partial charge in [-0.15, -0.1) is 0 Å². The smallest absolute Gasteiger partial charge is 0.162 e. The summed E-state index contributed by atoms with van der Waals surface area (Å²) in [6.45, 7) is 14.7. The van der Waals surface area contributed by atoms with Crippen molar-refractivity contribution in [3.8, 4) is 11.4 Å². The number of rotatable bonds is 9. The molecule has 0 radical (unpaired) electrons. The van der Waals surface area contributed by atoms with Gasteiger partial charge in [0.2, 0.25) is 0 Å². The second-order valence-corrected chi connectivity index (χ2v) is 8.67. The highest BCUT2D eigenvalue weighted by Gasteiger charge is 2.26. The molecule has 170 valence electrons. The number of aryl methyl sites for hydroxylation is 3. The van der Waals surface area contributed by atoms with Gasteiger partial charge in [0.15, 0.2) is 11.6 Å². The molecule has 0 bridgehead atoms. The molecule has 3 rings (SSSR count). The minimum Gasteiger partial charge on any atom is -0.393 e. The molecule has 1 saturated heterocycles. The topological polar surface area (TPSA) is 52.5 Å². The van der Waals surface area contributed by atoms with E-state index in [4.69, 9.17) is 9.97 Å². The van der Waals surface area contributed by atoms with E-state index in [1.807, 2.05) is 0 Å².